The number of hydrogen-bond acceptors (Lipinski definition) is 1. The molecule has 0 aliphatic heterocycles. The first-order chi connectivity index (χ1) is 6.83. The monoisotopic (exact) mass is 218 g/mol. The van der Waals surface area contributed by atoms with Crippen LogP contribution in [0.3, 0.4) is 0 Å². The van der Waals surface area contributed by atoms with E-state index in [0.717, 1.165) is 19.3 Å². The molecule has 14 heavy (non-hydrogen) atoms. The van der Waals surface area contributed by atoms with Crippen LogP contribution in [0.4, 0.5) is 4.79 Å². The molecule has 1 aliphatic rings. The highest BCUT2D eigenvalue weighted by Crippen LogP contribution is 2.16. The highest BCUT2D eigenvalue weighted by atomic mass is 35.5. The number of carbonyl (C=O) groups excluding carboxylic acids is 1. The SMILES string of the molecule is O=C(NCCCCl)NC1CCCCC1. The second kappa shape index (κ2) is 6.93. The second-order valence-electron chi connectivity index (χ2n) is 3.78. The van der Waals surface area contributed by atoms with Crippen molar-refractivity contribution in [2.24, 2.45) is 0 Å². The molecular formula is C10H19ClN2O. The van der Waals surface area contributed by atoms with Crippen LogP contribution in [0.5, 0.6) is 0 Å². The van der Waals surface area contributed by atoms with Crippen LogP contribution in [0, 0.1) is 0 Å². The number of hydrogen-bond donors (Lipinski definition) is 2. The fraction of sp³-hybridized carbons (Fsp3) is 0.900. The van der Waals surface area contributed by atoms with Crippen molar-refractivity contribution >= 4 is 17.6 Å². The molecule has 0 radical (unpaired) electrons. The maximum absolute atomic E-state index is 11.3. The van der Waals surface area contributed by atoms with E-state index in [1.54, 1.807) is 0 Å². The zero-order valence-corrected chi connectivity index (χ0v) is 9.28. The molecule has 2 N–H and O–H groups in total. The number of nitrogens with one attached hydrogen (secondary N) is 2. The maximum atomic E-state index is 11.3. The molecule has 0 bridgehead atoms. The van der Waals surface area contributed by atoms with Crippen molar-refractivity contribution in [2.45, 2.75) is 44.6 Å². The van der Waals surface area contributed by atoms with E-state index in [1.807, 2.05) is 0 Å². The Labute approximate surface area is 90.6 Å². The number of amides is 2. The van der Waals surface area contributed by atoms with Crippen LogP contribution in [0.1, 0.15) is 38.5 Å². The van der Waals surface area contributed by atoms with Crippen molar-refractivity contribution < 1.29 is 4.79 Å². The number of halogens is 1. The first-order valence-corrected chi connectivity index (χ1v) is 5.96. The van der Waals surface area contributed by atoms with Crippen molar-refractivity contribution in [3.8, 4) is 0 Å². The van der Waals surface area contributed by atoms with Gasteiger partial charge in [-0.3, -0.25) is 0 Å². The molecule has 0 spiro atoms. The molecule has 1 saturated carbocycles. The lowest BCUT2D eigenvalue weighted by molar-refractivity contribution is 0.232. The molecule has 0 atom stereocenters. The van der Waals surface area contributed by atoms with E-state index in [0.29, 0.717) is 18.5 Å². The van der Waals surface area contributed by atoms with Crippen LogP contribution in [-0.4, -0.2) is 24.5 Å². The van der Waals surface area contributed by atoms with E-state index in [4.69, 9.17) is 11.6 Å². The minimum absolute atomic E-state index is 0.0398. The van der Waals surface area contributed by atoms with Gasteiger partial charge in [0, 0.05) is 18.5 Å². The summed E-state index contributed by atoms with van der Waals surface area (Å²) in [7, 11) is 0. The van der Waals surface area contributed by atoms with E-state index >= 15 is 0 Å². The van der Waals surface area contributed by atoms with Gasteiger partial charge in [0.1, 0.15) is 0 Å². The van der Waals surface area contributed by atoms with Crippen molar-refractivity contribution in [3.63, 3.8) is 0 Å². The number of urea groups is 1. The van der Waals surface area contributed by atoms with Gasteiger partial charge in [-0.1, -0.05) is 19.3 Å². The second-order valence-corrected chi connectivity index (χ2v) is 4.16. The summed E-state index contributed by atoms with van der Waals surface area (Å²) >= 11 is 5.51. The number of carbonyl (C=O) groups is 1. The quantitative estimate of drug-likeness (QED) is 0.552. The Balaban J connectivity index is 2.06. The average molecular weight is 219 g/mol. The van der Waals surface area contributed by atoms with Gasteiger partial charge in [0.2, 0.25) is 0 Å². The molecule has 0 heterocycles. The zero-order chi connectivity index (χ0) is 10.2. The van der Waals surface area contributed by atoms with Gasteiger partial charge in [0.15, 0.2) is 0 Å². The van der Waals surface area contributed by atoms with E-state index in [-0.39, 0.29) is 6.03 Å². The lowest BCUT2D eigenvalue weighted by Crippen LogP contribution is -2.43. The van der Waals surface area contributed by atoms with Gasteiger partial charge in [0.25, 0.3) is 0 Å². The summed E-state index contributed by atoms with van der Waals surface area (Å²) in [4.78, 5) is 11.3. The van der Waals surface area contributed by atoms with Crippen molar-refractivity contribution in [3.05, 3.63) is 0 Å². The lowest BCUT2D eigenvalue weighted by atomic mass is 9.96. The third kappa shape index (κ3) is 4.70. The zero-order valence-electron chi connectivity index (χ0n) is 8.52. The van der Waals surface area contributed by atoms with Crippen LogP contribution in [0.25, 0.3) is 0 Å². The summed E-state index contributed by atoms with van der Waals surface area (Å²) in [6.45, 7) is 0.669. The molecule has 0 aromatic carbocycles. The van der Waals surface area contributed by atoms with Crippen molar-refractivity contribution in [1.82, 2.24) is 10.6 Å². The largest absolute Gasteiger partial charge is 0.338 e. The molecule has 1 aliphatic carbocycles. The molecule has 1 fully saturated rings. The highest BCUT2D eigenvalue weighted by molar-refractivity contribution is 6.17. The van der Waals surface area contributed by atoms with E-state index in [1.165, 1.54) is 19.3 Å². The van der Waals surface area contributed by atoms with Gasteiger partial charge in [-0.15, -0.1) is 11.6 Å². The van der Waals surface area contributed by atoms with Crippen LogP contribution >= 0.6 is 11.6 Å². The molecule has 0 aromatic heterocycles. The van der Waals surface area contributed by atoms with Crippen LogP contribution in [-0.2, 0) is 0 Å². The van der Waals surface area contributed by atoms with E-state index in [2.05, 4.69) is 10.6 Å². The Morgan fingerprint density at radius 2 is 2.00 bits per heavy atom. The topological polar surface area (TPSA) is 41.1 Å². The van der Waals surface area contributed by atoms with Gasteiger partial charge < -0.3 is 10.6 Å². The summed E-state index contributed by atoms with van der Waals surface area (Å²) in [5, 5.41) is 5.78. The number of alkyl halides is 1. The molecule has 1 rings (SSSR count). The molecular weight excluding hydrogens is 200 g/mol. The smallest absolute Gasteiger partial charge is 0.315 e. The van der Waals surface area contributed by atoms with E-state index < -0.39 is 0 Å². The Bertz CT molecular complexity index is 170. The molecule has 0 aromatic rings. The molecule has 0 unspecified atom stereocenters. The lowest BCUT2D eigenvalue weighted by Gasteiger charge is -2.22. The van der Waals surface area contributed by atoms with Gasteiger partial charge >= 0.3 is 6.03 Å². The minimum Gasteiger partial charge on any atom is -0.338 e. The number of rotatable bonds is 4. The molecule has 3 nitrogen and oxygen atoms in total. The molecule has 2 amide bonds. The molecule has 82 valence electrons. The maximum Gasteiger partial charge on any atom is 0.315 e. The molecule has 4 heteroatoms. The standard InChI is InChI=1S/C10H19ClN2O/c11-7-4-8-12-10(14)13-9-5-2-1-3-6-9/h9H,1-8H2,(H2,12,13,14). The average Bonchev–Trinajstić information content (AvgIpc) is 2.20. The highest BCUT2D eigenvalue weighted by Gasteiger charge is 2.14. The normalized spacial score (nSPS) is 17.8. The summed E-state index contributed by atoms with van der Waals surface area (Å²) in [6.07, 6.45) is 6.89. The van der Waals surface area contributed by atoms with Gasteiger partial charge in [-0.2, -0.15) is 0 Å². The third-order valence-corrected chi connectivity index (χ3v) is 2.80. The van der Waals surface area contributed by atoms with Crippen molar-refractivity contribution in [2.75, 3.05) is 12.4 Å². The summed E-state index contributed by atoms with van der Waals surface area (Å²) in [5.74, 6) is 0.601. The van der Waals surface area contributed by atoms with Crippen molar-refractivity contribution in [1.29, 1.82) is 0 Å². The predicted molar refractivity (Wildman–Crippen MR) is 58.7 cm³/mol. The fourth-order valence-corrected chi connectivity index (χ4v) is 1.89. The van der Waals surface area contributed by atoms with Gasteiger partial charge in [-0.05, 0) is 19.3 Å². The predicted octanol–water partition coefficient (Wildman–Crippen LogP) is 2.25. The van der Waals surface area contributed by atoms with Gasteiger partial charge in [0.05, 0.1) is 0 Å². The fourth-order valence-electron chi connectivity index (χ4n) is 1.75. The summed E-state index contributed by atoms with van der Waals surface area (Å²) in [5.41, 5.74) is 0. The minimum atomic E-state index is -0.0398. The first-order valence-electron chi connectivity index (χ1n) is 5.43. The Kier molecular flexibility index (Phi) is 5.76. The van der Waals surface area contributed by atoms with E-state index in [9.17, 15) is 4.79 Å². The third-order valence-electron chi connectivity index (χ3n) is 2.54. The van der Waals surface area contributed by atoms with Crippen LogP contribution in [0.15, 0.2) is 0 Å². The van der Waals surface area contributed by atoms with Crippen LogP contribution < -0.4 is 10.6 Å². The Morgan fingerprint density at radius 1 is 1.29 bits per heavy atom. The van der Waals surface area contributed by atoms with Crippen LogP contribution in [0.2, 0.25) is 0 Å². The molecule has 0 saturated heterocycles. The summed E-state index contributed by atoms with van der Waals surface area (Å²) in [6, 6.07) is 0.349. The summed E-state index contributed by atoms with van der Waals surface area (Å²) < 4.78 is 0. The van der Waals surface area contributed by atoms with Gasteiger partial charge in [-0.25, -0.2) is 4.79 Å². The first kappa shape index (κ1) is 11.6. The Morgan fingerprint density at radius 3 is 2.64 bits per heavy atom. The Hall–Kier alpha value is -0.440.